The molecule has 4 heterocycles. The molecule has 6 heteroatoms. The number of H-pyrrole nitrogens is 2. The number of hydrogen-bond donors (Lipinski definition) is 4. The number of allylic oxidation sites excluding steroid dienone is 4. The topological polar surface area (TPSA) is 90.5 Å². The molecule has 4 aromatic carbocycles. The molecule has 2 aromatic heterocycles. The van der Waals surface area contributed by atoms with E-state index in [0.29, 0.717) is 11.1 Å². The fraction of sp³-hybridized carbons (Fsp3) is 0.304. The number of aromatic hydroxyl groups is 2. The summed E-state index contributed by atoms with van der Waals surface area (Å²) in [5.41, 5.74) is 10.1. The third-order valence-electron chi connectivity index (χ3n) is 11.0. The SMILES string of the molecule is CC(C)=CCCC1(C)C=Cc2c(ccc3c2[nH]c2c(-c4c(O)ccc5c4[nH]c4c6c(c(C)cc45)OC(C)(CCC=C(C)C)C=C6)c(O)c(C)cc23)O1. The van der Waals surface area contributed by atoms with Crippen LogP contribution in [0.15, 0.2) is 71.8 Å². The summed E-state index contributed by atoms with van der Waals surface area (Å²) in [5.74, 6) is 1.91. The van der Waals surface area contributed by atoms with Crippen molar-refractivity contribution >= 4 is 55.8 Å². The minimum absolute atomic E-state index is 0.0848. The molecule has 2 atom stereocenters. The molecule has 52 heavy (non-hydrogen) atoms. The van der Waals surface area contributed by atoms with Gasteiger partial charge in [0.25, 0.3) is 0 Å². The lowest BCUT2D eigenvalue weighted by molar-refractivity contribution is 0.128. The summed E-state index contributed by atoms with van der Waals surface area (Å²) in [6.07, 6.45) is 16.8. The van der Waals surface area contributed by atoms with E-state index in [1.165, 1.54) is 11.1 Å². The number of aromatic nitrogens is 2. The Morgan fingerprint density at radius 1 is 0.654 bits per heavy atom. The van der Waals surface area contributed by atoms with E-state index in [-0.39, 0.29) is 11.5 Å². The fourth-order valence-corrected chi connectivity index (χ4v) is 8.16. The van der Waals surface area contributed by atoms with E-state index in [4.69, 9.17) is 9.47 Å². The van der Waals surface area contributed by atoms with Crippen molar-refractivity contribution in [1.29, 1.82) is 0 Å². The molecule has 2 aliphatic heterocycles. The van der Waals surface area contributed by atoms with E-state index in [0.717, 1.165) is 103 Å². The lowest BCUT2D eigenvalue weighted by Gasteiger charge is -2.32. The van der Waals surface area contributed by atoms with Crippen LogP contribution in [-0.2, 0) is 0 Å². The Morgan fingerprint density at radius 3 is 1.87 bits per heavy atom. The molecular formula is C46H48N2O4. The Morgan fingerprint density at radius 2 is 1.19 bits per heavy atom. The smallest absolute Gasteiger partial charge is 0.132 e. The first kappa shape index (κ1) is 33.8. The molecule has 0 fully saturated rings. The predicted octanol–water partition coefficient (Wildman–Crippen LogP) is 12.5. The van der Waals surface area contributed by atoms with Gasteiger partial charge in [0.15, 0.2) is 0 Å². The lowest BCUT2D eigenvalue weighted by atomic mass is 9.92. The molecule has 2 unspecified atom stereocenters. The van der Waals surface area contributed by atoms with Gasteiger partial charge in [0.2, 0.25) is 0 Å². The highest BCUT2D eigenvalue weighted by atomic mass is 16.5. The van der Waals surface area contributed by atoms with Crippen LogP contribution in [0.4, 0.5) is 0 Å². The van der Waals surface area contributed by atoms with Crippen LogP contribution < -0.4 is 9.47 Å². The number of aromatic amines is 2. The van der Waals surface area contributed by atoms with Crippen molar-refractivity contribution < 1.29 is 19.7 Å². The van der Waals surface area contributed by atoms with Crippen molar-refractivity contribution in [2.24, 2.45) is 0 Å². The highest BCUT2D eigenvalue weighted by Gasteiger charge is 2.32. The van der Waals surface area contributed by atoms with Gasteiger partial charge < -0.3 is 29.7 Å². The number of fused-ring (bicyclic) bond motifs is 10. The average molecular weight is 693 g/mol. The summed E-state index contributed by atoms with van der Waals surface area (Å²) < 4.78 is 13.4. The highest BCUT2D eigenvalue weighted by Crippen LogP contribution is 2.50. The van der Waals surface area contributed by atoms with Crippen molar-refractivity contribution in [3.05, 3.63) is 94.1 Å². The third kappa shape index (κ3) is 5.47. The molecule has 0 radical (unpaired) electrons. The van der Waals surface area contributed by atoms with Crippen LogP contribution in [-0.4, -0.2) is 31.4 Å². The van der Waals surface area contributed by atoms with Crippen molar-refractivity contribution in [1.82, 2.24) is 9.97 Å². The summed E-state index contributed by atoms with van der Waals surface area (Å²) in [6.45, 7) is 16.8. The number of rotatable bonds is 7. The van der Waals surface area contributed by atoms with E-state index >= 15 is 0 Å². The number of phenols is 2. The second-order valence-corrected chi connectivity index (χ2v) is 15.9. The minimum Gasteiger partial charge on any atom is -0.507 e. The first-order chi connectivity index (χ1) is 24.8. The quantitative estimate of drug-likeness (QED) is 0.125. The molecule has 0 saturated carbocycles. The van der Waals surface area contributed by atoms with E-state index < -0.39 is 11.2 Å². The number of nitrogens with one attached hydrogen (secondary N) is 2. The van der Waals surface area contributed by atoms with Crippen LogP contribution in [0.5, 0.6) is 23.0 Å². The molecule has 0 saturated heterocycles. The van der Waals surface area contributed by atoms with E-state index in [1.807, 2.05) is 19.1 Å². The summed E-state index contributed by atoms with van der Waals surface area (Å²) in [6, 6.07) is 12.0. The molecule has 266 valence electrons. The Labute approximate surface area is 305 Å². The molecule has 2 aliphatic rings. The van der Waals surface area contributed by atoms with Crippen LogP contribution in [0, 0.1) is 13.8 Å². The number of benzene rings is 4. The van der Waals surface area contributed by atoms with Crippen molar-refractivity contribution in [2.75, 3.05) is 0 Å². The van der Waals surface area contributed by atoms with Gasteiger partial charge in [-0.2, -0.15) is 0 Å². The van der Waals surface area contributed by atoms with Gasteiger partial charge >= 0.3 is 0 Å². The van der Waals surface area contributed by atoms with Crippen LogP contribution in [0.25, 0.3) is 66.9 Å². The number of aryl methyl sites for hydroxylation is 2. The highest BCUT2D eigenvalue weighted by molar-refractivity contribution is 6.21. The molecule has 0 spiro atoms. The zero-order valence-corrected chi connectivity index (χ0v) is 31.5. The van der Waals surface area contributed by atoms with Crippen molar-refractivity contribution in [3.8, 4) is 34.1 Å². The van der Waals surface area contributed by atoms with Gasteiger partial charge in [-0.15, -0.1) is 0 Å². The molecule has 0 bridgehead atoms. The standard InChI is InChI=1S/C46H48N2O4/c1-25(2)11-9-19-45(7)21-17-31-36(51-45)16-14-29-34-23-27(5)43(50)38(42(34)47-39(29)31)37-35(49)15-13-30-33-24-28(6)44-32(40(33)48-41(30)37)18-22-46(8,52-44)20-10-12-26(3)4/h11-18,21-24,47-50H,9-10,19-20H2,1-8H3. The Kier molecular flexibility index (Phi) is 7.87. The van der Waals surface area contributed by atoms with Gasteiger partial charge in [-0.1, -0.05) is 23.3 Å². The first-order valence-corrected chi connectivity index (χ1v) is 18.4. The number of ether oxygens (including phenoxy) is 2. The molecule has 6 nitrogen and oxygen atoms in total. The molecule has 4 N–H and O–H groups in total. The van der Waals surface area contributed by atoms with Crippen LogP contribution in [0.2, 0.25) is 0 Å². The minimum atomic E-state index is -0.412. The molecule has 0 aliphatic carbocycles. The Hall–Kier alpha value is -5.36. The molecule has 8 rings (SSSR count). The van der Waals surface area contributed by atoms with Crippen molar-refractivity contribution in [3.63, 3.8) is 0 Å². The zero-order valence-electron chi connectivity index (χ0n) is 31.5. The monoisotopic (exact) mass is 692 g/mol. The molecule has 0 amide bonds. The Bertz CT molecular complexity index is 2580. The average Bonchev–Trinajstić information content (AvgIpc) is 3.63. The predicted molar refractivity (Wildman–Crippen MR) is 217 cm³/mol. The zero-order chi connectivity index (χ0) is 36.7. The van der Waals surface area contributed by atoms with Gasteiger partial charge in [0.05, 0.1) is 33.2 Å². The van der Waals surface area contributed by atoms with Crippen molar-refractivity contribution in [2.45, 2.75) is 92.3 Å². The van der Waals surface area contributed by atoms with E-state index in [2.05, 4.69) is 113 Å². The summed E-state index contributed by atoms with van der Waals surface area (Å²) >= 11 is 0. The van der Waals surface area contributed by atoms with E-state index in [9.17, 15) is 10.2 Å². The Balaban J connectivity index is 1.29. The maximum atomic E-state index is 11.8. The van der Waals surface area contributed by atoms with Gasteiger partial charge in [0.1, 0.15) is 34.2 Å². The van der Waals surface area contributed by atoms with Crippen LogP contribution in [0.3, 0.4) is 0 Å². The van der Waals surface area contributed by atoms with Crippen LogP contribution in [0.1, 0.15) is 89.5 Å². The first-order valence-electron chi connectivity index (χ1n) is 18.4. The third-order valence-corrected chi connectivity index (χ3v) is 11.0. The normalized spacial score (nSPS) is 19.2. The van der Waals surface area contributed by atoms with Gasteiger partial charge in [-0.3, -0.25) is 0 Å². The van der Waals surface area contributed by atoms with E-state index in [1.54, 1.807) is 6.07 Å². The second kappa shape index (κ2) is 12.1. The van der Waals surface area contributed by atoms with Gasteiger partial charge in [-0.25, -0.2) is 0 Å². The second-order valence-electron chi connectivity index (χ2n) is 15.9. The molecule has 6 aromatic rings. The molecular weight excluding hydrogens is 645 g/mol. The maximum absolute atomic E-state index is 11.8. The number of phenolic OH excluding ortho intramolecular Hbond substituents is 2. The van der Waals surface area contributed by atoms with Gasteiger partial charge in [-0.05, 0) is 153 Å². The summed E-state index contributed by atoms with van der Waals surface area (Å²) in [7, 11) is 0. The number of hydrogen-bond acceptors (Lipinski definition) is 4. The summed E-state index contributed by atoms with van der Waals surface area (Å²) in [5, 5.41) is 27.5. The van der Waals surface area contributed by atoms with Gasteiger partial charge in [0, 0.05) is 32.7 Å². The fourth-order valence-electron chi connectivity index (χ4n) is 8.16. The maximum Gasteiger partial charge on any atom is 0.132 e. The lowest BCUT2D eigenvalue weighted by Crippen LogP contribution is -2.32. The largest absolute Gasteiger partial charge is 0.507 e. The summed E-state index contributed by atoms with van der Waals surface area (Å²) in [4.78, 5) is 7.38. The van der Waals surface area contributed by atoms with Crippen LogP contribution >= 0.6 is 0 Å².